The van der Waals surface area contributed by atoms with E-state index in [-0.39, 0.29) is 12.4 Å². The Morgan fingerprint density at radius 1 is 1.56 bits per heavy atom. The summed E-state index contributed by atoms with van der Waals surface area (Å²) < 4.78 is 5.90. The number of rotatable bonds is 7. The van der Waals surface area contributed by atoms with Gasteiger partial charge < -0.3 is 9.84 Å². The third-order valence-corrected chi connectivity index (χ3v) is 4.36. The maximum Gasteiger partial charge on any atom is 0.172 e. The molecular weight excluding hydrogens is 316 g/mol. The standard InChI is InChI=1S/C13H17BrO3S/c1-9(5-6-15)18-8-12(16)10-3-4-13(17-2)11(14)7-10/h3-4,7,9,15H,5-6,8H2,1-2H3. The second kappa shape index (κ2) is 7.81. The highest BCUT2D eigenvalue weighted by molar-refractivity contribution is 9.10. The number of carbonyl (C=O) groups is 1. The molecule has 0 fully saturated rings. The summed E-state index contributed by atoms with van der Waals surface area (Å²) in [5, 5.41) is 9.09. The normalized spacial score (nSPS) is 12.2. The summed E-state index contributed by atoms with van der Waals surface area (Å²) in [6, 6.07) is 5.32. The van der Waals surface area contributed by atoms with Crippen molar-refractivity contribution in [2.75, 3.05) is 19.5 Å². The van der Waals surface area contributed by atoms with Gasteiger partial charge in [0.2, 0.25) is 0 Å². The summed E-state index contributed by atoms with van der Waals surface area (Å²) in [5.74, 6) is 1.24. The van der Waals surface area contributed by atoms with E-state index < -0.39 is 0 Å². The van der Waals surface area contributed by atoms with Crippen LogP contribution >= 0.6 is 27.7 Å². The lowest BCUT2D eigenvalue weighted by atomic mass is 10.1. The van der Waals surface area contributed by atoms with E-state index in [4.69, 9.17) is 9.84 Å². The Balaban J connectivity index is 2.59. The van der Waals surface area contributed by atoms with Crippen molar-refractivity contribution in [2.24, 2.45) is 0 Å². The van der Waals surface area contributed by atoms with E-state index in [1.54, 1.807) is 37.1 Å². The molecule has 1 rings (SSSR count). The van der Waals surface area contributed by atoms with Crippen LogP contribution < -0.4 is 4.74 Å². The Hall–Kier alpha value is -0.520. The van der Waals surface area contributed by atoms with Crippen LogP contribution in [0.5, 0.6) is 5.75 Å². The molecule has 0 radical (unpaired) electrons. The van der Waals surface area contributed by atoms with E-state index in [2.05, 4.69) is 15.9 Å². The average Bonchev–Trinajstić information content (AvgIpc) is 2.36. The molecule has 0 saturated carbocycles. The highest BCUT2D eigenvalue weighted by Gasteiger charge is 2.11. The van der Waals surface area contributed by atoms with Crippen LogP contribution in [-0.4, -0.2) is 35.6 Å². The van der Waals surface area contributed by atoms with Crippen molar-refractivity contribution in [3.05, 3.63) is 28.2 Å². The number of carbonyl (C=O) groups excluding carboxylic acids is 1. The quantitative estimate of drug-likeness (QED) is 0.779. The predicted octanol–water partition coefficient (Wildman–Crippen LogP) is 3.14. The van der Waals surface area contributed by atoms with Gasteiger partial charge in [-0.3, -0.25) is 4.79 Å². The monoisotopic (exact) mass is 332 g/mol. The first-order valence-electron chi connectivity index (χ1n) is 5.67. The first-order valence-corrected chi connectivity index (χ1v) is 7.52. The Morgan fingerprint density at radius 3 is 2.83 bits per heavy atom. The second-order valence-corrected chi connectivity index (χ2v) is 6.19. The maximum absolute atomic E-state index is 12.0. The van der Waals surface area contributed by atoms with Gasteiger partial charge in [0.15, 0.2) is 5.78 Å². The van der Waals surface area contributed by atoms with Gasteiger partial charge in [-0.15, -0.1) is 0 Å². The molecule has 3 nitrogen and oxygen atoms in total. The van der Waals surface area contributed by atoms with E-state index in [0.29, 0.717) is 28.7 Å². The molecule has 1 aromatic rings. The molecule has 0 aliphatic rings. The number of benzene rings is 1. The van der Waals surface area contributed by atoms with Gasteiger partial charge in [0.25, 0.3) is 0 Å². The van der Waals surface area contributed by atoms with E-state index in [9.17, 15) is 4.79 Å². The van der Waals surface area contributed by atoms with Crippen LogP contribution in [0, 0.1) is 0 Å². The van der Waals surface area contributed by atoms with Crippen molar-refractivity contribution in [1.82, 2.24) is 0 Å². The molecule has 1 atom stereocenters. The summed E-state index contributed by atoms with van der Waals surface area (Å²) in [6.07, 6.45) is 0.713. The lowest BCUT2D eigenvalue weighted by Crippen LogP contribution is -2.08. The number of ether oxygens (including phenoxy) is 1. The number of hydrogen-bond donors (Lipinski definition) is 1. The molecule has 1 unspecified atom stereocenters. The van der Waals surface area contributed by atoms with Crippen molar-refractivity contribution < 1.29 is 14.6 Å². The van der Waals surface area contributed by atoms with E-state index in [1.807, 2.05) is 6.92 Å². The molecule has 1 N–H and O–H groups in total. The molecular formula is C13H17BrO3S. The van der Waals surface area contributed by atoms with E-state index in [0.717, 1.165) is 4.47 Å². The summed E-state index contributed by atoms with van der Waals surface area (Å²) in [7, 11) is 1.59. The smallest absolute Gasteiger partial charge is 0.172 e. The Labute approximate surface area is 120 Å². The van der Waals surface area contributed by atoms with E-state index >= 15 is 0 Å². The van der Waals surface area contributed by atoms with Crippen LogP contribution in [0.4, 0.5) is 0 Å². The number of hydrogen-bond acceptors (Lipinski definition) is 4. The van der Waals surface area contributed by atoms with Crippen molar-refractivity contribution >= 4 is 33.5 Å². The predicted molar refractivity (Wildman–Crippen MR) is 78.6 cm³/mol. The van der Waals surface area contributed by atoms with Gasteiger partial charge >= 0.3 is 0 Å². The number of thioether (sulfide) groups is 1. The molecule has 0 spiro atoms. The van der Waals surface area contributed by atoms with Crippen LogP contribution in [0.25, 0.3) is 0 Å². The van der Waals surface area contributed by atoms with E-state index in [1.165, 1.54) is 0 Å². The average molecular weight is 333 g/mol. The van der Waals surface area contributed by atoms with Crippen molar-refractivity contribution in [1.29, 1.82) is 0 Å². The number of aliphatic hydroxyl groups excluding tert-OH is 1. The van der Waals surface area contributed by atoms with Crippen LogP contribution in [0.2, 0.25) is 0 Å². The number of Topliss-reactive ketones (excluding diaryl/α,β-unsaturated/α-hetero) is 1. The van der Waals surface area contributed by atoms with Gasteiger partial charge in [-0.25, -0.2) is 0 Å². The topological polar surface area (TPSA) is 46.5 Å². The van der Waals surface area contributed by atoms with Crippen LogP contribution in [0.3, 0.4) is 0 Å². The highest BCUT2D eigenvalue weighted by Crippen LogP contribution is 2.26. The van der Waals surface area contributed by atoms with Gasteiger partial charge in [-0.2, -0.15) is 11.8 Å². The molecule has 18 heavy (non-hydrogen) atoms. The van der Waals surface area contributed by atoms with Crippen molar-refractivity contribution in [3.63, 3.8) is 0 Å². The minimum atomic E-state index is 0.0909. The largest absolute Gasteiger partial charge is 0.496 e. The first kappa shape index (κ1) is 15.5. The minimum absolute atomic E-state index is 0.0909. The first-order chi connectivity index (χ1) is 8.58. The zero-order valence-electron chi connectivity index (χ0n) is 10.5. The fraction of sp³-hybridized carbons (Fsp3) is 0.462. The lowest BCUT2D eigenvalue weighted by Gasteiger charge is -2.09. The molecule has 0 aliphatic carbocycles. The fourth-order valence-electron chi connectivity index (χ4n) is 1.41. The number of ketones is 1. The van der Waals surface area contributed by atoms with Crippen LogP contribution in [-0.2, 0) is 0 Å². The van der Waals surface area contributed by atoms with Gasteiger partial charge in [-0.05, 0) is 40.5 Å². The number of halogens is 1. The summed E-state index contributed by atoms with van der Waals surface area (Å²) in [4.78, 5) is 12.0. The number of methoxy groups -OCH3 is 1. The van der Waals surface area contributed by atoms with Gasteiger partial charge in [0.1, 0.15) is 5.75 Å². The molecule has 0 aliphatic heterocycles. The zero-order valence-corrected chi connectivity index (χ0v) is 12.9. The molecule has 0 bridgehead atoms. The Morgan fingerprint density at radius 2 is 2.28 bits per heavy atom. The molecule has 100 valence electrons. The zero-order chi connectivity index (χ0) is 13.5. The second-order valence-electron chi connectivity index (χ2n) is 3.91. The summed E-state index contributed by atoms with van der Waals surface area (Å²) >= 11 is 4.93. The SMILES string of the molecule is COc1ccc(C(=O)CSC(C)CCO)cc1Br. The Bertz CT molecular complexity index is 409. The molecule has 0 saturated heterocycles. The van der Waals surface area contributed by atoms with Crippen LogP contribution in [0.1, 0.15) is 23.7 Å². The van der Waals surface area contributed by atoms with Crippen LogP contribution in [0.15, 0.2) is 22.7 Å². The molecule has 1 aromatic carbocycles. The summed E-state index contributed by atoms with van der Waals surface area (Å²) in [5.41, 5.74) is 0.673. The molecule has 5 heteroatoms. The Kier molecular flexibility index (Phi) is 6.75. The maximum atomic E-state index is 12.0. The number of aliphatic hydroxyl groups is 1. The van der Waals surface area contributed by atoms with Gasteiger partial charge in [0, 0.05) is 17.4 Å². The van der Waals surface area contributed by atoms with Gasteiger partial charge in [0.05, 0.1) is 17.3 Å². The van der Waals surface area contributed by atoms with Gasteiger partial charge in [-0.1, -0.05) is 6.92 Å². The third-order valence-electron chi connectivity index (χ3n) is 2.51. The third kappa shape index (κ3) is 4.63. The van der Waals surface area contributed by atoms with Crippen molar-refractivity contribution in [3.8, 4) is 5.75 Å². The summed E-state index contributed by atoms with van der Waals surface area (Å²) in [6.45, 7) is 2.18. The molecule has 0 heterocycles. The highest BCUT2D eigenvalue weighted by atomic mass is 79.9. The molecule has 0 aromatic heterocycles. The van der Waals surface area contributed by atoms with Crippen molar-refractivity contribution in [2.45, 2.75) is 18.6 Å². The molecule has 0 amide bonds. The minimum Gasteiger partial charge on any atom is -0.496 e. The fourth-order valence-corrected chi connectivity index (χ4v) is 2.82. The lowest BCUT2D eigenvalue weighted by molar-refractivity contribution is 0.102.